The largest absolute Gasteiger partial charge is 0.316 e. The van der Waals surface area contributed by atoms with Crippen LogP contribution in [0.1, 0.15) is 25.3 Å². The van der Waals surface area contributed by atoms with Crippen LogP contribution in [-0.4, -0.2) is 24.2 Å². The third-order valence-electron chi connectivity index (χ3n) is 3.59. The number of likely N-dealkylation sites (tertiary alicyclic amines) is 1. The average molecular weight is 218 g/mol. The average Bonchev–Trinajstić information content (AvgIpc) is 2.31. The highest BCUT2D eigenvalue weighted by Gasteiger charge is 2.20. The summed E-state index contributed by atoms with van der Waals surface area (Å²) in [5.74, 6) is 0.845. The van der Waals surface area contributed by atoms with Crippen molar-refractivity contribution in [1.82, 2.24) is 4.90 Å². The first kappa shape index (κ1) is 11.6. The quantitative estimate of drug-likeness (QED) is 0.843. The zero-order chi connectivity index (χ0) is 11.4. The molecule has 1 aromatic rings. The Balaban J connectivity index is 1.82. The van der Waals surface area contributed by atoms with Gasteiger partial charge in [-0.15, -0.1) is 0 Å². The number of nitrogens with zero attached hydrogens (tertiary/aromatic N) is 1. The molecule has 1 heterocycles. The van der Waals surface area contributed by atoms with E-state index in [-0.39, 0.29) is 6.17 Å². The maximum atomic E-state index is 5.89. The van der Waals surface area contributed by atoms with Crippen LogP contribution in [0.3, 0.4) is 0 Å². The molecule has 1 aliphatic rings. The van der Waals surface area contributed by atoms with Crippen molar-refractivity contribution in [2.24, 2.45) is 11.7 Å². The van der Waals surface area contributed by atoms with Crippen LogP contribution in [0.2, 0.25) is 0 Å². The first-order chi connectivity index (χ1) is 7.75. The third kappa shape index (κ3) is 3.06. The predicted octanol–water partition coefficient (Wildman–Crippen LogP) is 2.25. The summed E-state index contributed by atoms with van der Waals surface area (Å²) in [6.07, 6.45) is 4.03. The van der Waals surface area contributed by atoms with Crippen LogP contribution in [0.5, 0.6) is 0 Å². The van der Waals surface area contributed by atoms with Crippen molar-refractivity contribution in [3.8, 4) is 0 Å². The summed E-state index contributed by atoms with van der Waals surface area (Å²) < 4.78 is 0. The van der Waals surface area contributed by atoms with Gasteiger partial charge >= 0.3 is 0 Å². The number of hydrogen-bond acceptors (Lipinski definition) is 2. The lowest BCUT2D eigenvalue weighted by molar-refractivity contribution is 0.143. The Kier molecular flexibility index (Phi) is 3.97. The minimum absolute atomic E-state index is 0.220. The SMILES string of the molecule is C[C@H](N)N1CCC(Cc2ccccc2)CC1. The van der Waals surface area contributed by atoms with E-state index in [4.69, 9.17) is 5.73 Å². The van der Waals surface area contributed by atoms with Crippen LogP contribution in [0.15, 0.2) is 30.3 Å². The molecule has 16 heavy (non-hydrogen) atoms. The second-order valence-corrected chi connectivity index (χ2v) is 4.91. The van der Waals surface area contributed by atoms with Gasteiger partial charge in [-0.25, -0.2) is 0 Å². The molecule has 0 unspecified atom stereocenters. The maximum absolute atomic E-state index is 5.89. The molecule has 88 valence electrons. The van der Waals surface area contributed by atoms with Crippen LogP contribution in [0.25, 0.3) is 0 Å². The van der Waals surface area contributed by atoms with Crippen molar-refractivity contribution in [3.05, 3.63) is 35.9 Å². The molecule has 2 N–H and O–H groups in total. The van der Waals surface area contributed by atoms with Crippen molar-refractivity contribution in [3.63, 3.8) is 0 Å². The molecular formula is C14H22N2. The van der Waals surface area contributed by atoms with Crippen LogP contribution in [-0.2, 0) is 6.42 Å². The minimum Gasteiger partial charge on any atom is -0.316 e. The molecule has 1 saturated heterocycles. The molecule has 0 saturated carbocycles. The molecule has 0 aromatic heterocycles. The second kappa shape index (κ2) is 5.46. The Morgan fingerprint density at radius 2 is 1.88 bits per heavy atom. The zero-order valence-corrected chi connectivity index (χ0v) is 10.1. The molecule has 0 spiro atoms. The molecule has 2 heteroatoms. The molecule has 0 aliphatic carbocycles. The molecule has 2 rings (SSSR count). The Bertz CT molecular complexity index is 300. The number of nitrogens with two attached hydrogens (primary N) is 1. The lowest BCUT2D eigenvalue weighted by atomic mass is 9.90. The topological polar surface area (TPSA) is 29.3 Å². The number of benzene rings is 1. The standard InChI is InChI=1S/C14H22N2/c1-12(15)16-9-7-14(8-10-16)11-13-5-3-2-4-6-13/h2-6,12,14H,7-11,15H2,1H3/t12-/m1/s1. The Hall–Kier alpha value is -0.860. The van der Waals surface area contributed by atoms with Gasteiger partial charge in [0.2, 0.25) is 0 Å². The summed E-state index contributed by atoms with van der Waals surface area (Å²) in [5.41, 5.74) is 7.36. The van der Waals surface area contributed by atoms with E-state index in [0.717, 1.165) is 19.0 Å². The minimum atomic E-state index is 0.220. The summed E-state index contributed by atoms with van der Waals surface area (Å²) in [7, 11) is 0. The summed E-state index contributed by atoms with van der Waals surface area (Å²) in [4.78, 5) is 2.38. The number of hydrogen-bond donors (Lipinski definition) is 1. The molecule has 0 amide bonds. The molecular weight excluding hydrogens is 196 g/mol. The predicted molar refractivity (Wildman–Crippen MR) is 68.1 cm³/mol. The fraction of sp³-hybridized carbons (Fsp3) is 0.571. The second-order valence-electron chi connectivity index (χ2n) is 4.91. The Labute approximate surface area is 98.4 Å². The van der Waals surface area contributed by atoms with E-state index in [1.165, 1.54) is 24.8 Å². The lowest BCUT2D eigenvalue weighted by Gasteiger charge is -2.34. The van der Waals surface area contributed by atoms with E-state index in [0.29, 0.717) is 0 Å². The Morgan fingerprint density at radius 1 is 1.25 bits per heavy atom. The van der Waals surface area contributed by atoms with Crippen molar-refractivity contribution in [2.45, 2.75) is 32.4 Å². The number of rotatable bonds is 3. The molecule has 0 bridgehead atoms. The van der Waals surface area contributed by atoms with Crippen molar-refractivity contribution >= 4 is 0 Å². The van der Waals surface area contributed by atoms with Crippen molar-refractivity contribution in [2.75, 3.05) is 13.1 Å². The van der Waals surface area contributed by atoms with E-state index in [1.807, 2.05) is 0 Å². The third-order valence-corrected chi connectivity index (χ3v) is 3.59. The fourth-order valence-electron chi connectivity index (χ4n) is 2.51. The molecule has 1 atom stereocenters. The van der Waals surface area contributed by atoms with Crippen LogP contribution >= 0.6 is 0 Å². The van der Waals surface area contributed by atoms with Gasteiger partial charge < -0.3 is 5.73 Å². The first-order valence-electron chi connectivity index (χ1n) is 6.29. The van der Waals surface area contributed by atoms with Gasteiger partial charge in [0.25, 0.3) is 0 Å². The van der Waals surface area contributed by atoms with Crippen molar-refractivity contribution in [1.29, 1.82) is 0 Å². The van der Waals surface area contributed by atoms with Crippen molar-refractivity contribution < 1.29 is 0 Å². The van der Waals surface area contributed by atoms with Gasteiger partial charge in [0.05, 0.1) is 6.17 Å². The number of piperidine rings is 1. The fourth-order valence-corrected chi connectivity index (χ4v) is 2.51. The van der Waals surface area contributed by atoms with E-state index in [2.05, 4.69) is 42.2 Å². The smallest absolute Gasteiger partial charge is 0.0542 e. The van der Waals surface area contributed by atoms with E-state index in [9.17, 15) is 0 Å². The molecule has 1 fully saturated rings. The van der Waals surface area contributed by atoms with Gasteiger partial charge in [0.15, 0.2) is 0 Å². The van der Waals surface area contributed by atoms with Crippen LogP contribution < -0.4 is 5.73 Å². The first-order valence-corrected chi connectivity index (χ1v) is 6.29. The van der Waals surface area contributed by atoms with E-state index in [1.54, 1.807) is 0 Å². The molecule has 1 aliphatic heterocycles. The summed E-state index contributed by atoms with van der Waals surface area (Å²) in [6.45, 7) is 4.40. The summed E-state index contributed by atoms with van der Waals surface area (Å²) in [6, 6.07) is 10.8. The van der Waals surface area contributed by atoms with Gasteiger partial charge in [0, 0.05) is 0 Å². The normalized spacial score (nSPS) is 20.9. The van der Waals surface area contributed by atoms with Gasteiger partial charge in [-0.3, -0.25) is 4.90 Å². The zero-order valence-electron chi connectivity index (χ0n) is 10.1. The maximum Gasteiger partial charge on any atom is 0.0542 e. The van der Waals surface area contributed by atoms with E-state index < -0.39 is 0 Å². The van der Waals surface area contributed by atoms with Gasteiger partial charge in [-0.05, 0) is 50.8 Å². The molecule has 1 aromatic carbocycles. The van der Waals surface area contributed by atoms with E-state index >= 15 is 0 Å². The van der Waals surface area contributed by atoms with Gasteiger partial charge in [0.1, 0.15) is 0 Å². The molecule has 0 radical (unpaired) electrons. The lowest BCUT2D eigenvalue weighted by Crippen LogP contribution is -2.44. The summed E-state index contributed by atoms with van der Waals surface area (Å²) >= 11 is 0. The van der Waals surface area contributed by atoms with Crippen LogP contribution in [0, 0.1) is 5.92 Å². The monoisotopic (exact) mass is 218 g/mol. The van der Waals surface area contributed by atoms with Gasteiger partial charge in [-0.1, -0.05) is 30.3 Å². The highest BCUT2D eigenvalue weighted by atomic mass is 15.2. The highest BCUT2D eigenvalue weighted by molar-refractivity contribution is 5.15. The van der Waals surface area contributed by atoms with Gasteiger partial charge in [-0.2, -0.15) is 0 Å². The van der Waals surface area contributed by atoms with Crippen LogP contribution in [0.4, 0.5) is 0 Å². The molecule has 2 nitrogen and oxygen atoms in total. The summed E-state index contributed by atoms with van der Waals surface area (Å²) in [5, 5.41) is 0. The Morgan fingerprint density at radius 3 is 2.44 bits per heavy atom. The highest BCUT2D eigenvalue weighted by Crippen LogP contribution is 2.21.